The van der Waals surface area contributed by atoms with Crippen molar-refractivity contribution in [1.82, 2.24) is 9.80 Å². The van der Waals surface area contributed by atoms with Crippen molar-refractivity contribution in [3.63, 3.8) is 0 Å². The maximum atomic E-state index is 11.1. The fourth-order valence-corrected chi connectivity index (χ4v) is 1.12. The highest BCUT2D eigenvalue weighted by molar-refractivity contribution is 6.01. The van der Waals surface area contributed by atoms with E-state index in [1.165, 1.54) is 4.90 Å². The topological polar surface area (TPSA) is 40.6 Å². The van der Waals surface area contributed by atoms with E-state index in [1.807, 2.05) is 18.9 Å². The van der Waals surface area contributed by atoms with Crippen LogP contribution < -0.4 is 0 Å². The number of carbonyl (C=O) groups excluding carboxylic acids is 2. The Morgan fingerprint density at radius 3 is 2.25 bits per heavy atom. The summed E-state index contributed by atoms with van der Waals surface area (Å²) in [4.78, 5) is 25.5. The number of amides is 2. The van der Waals surface area contributed by atoms with Gasteiger partial charge in [0, 0.05) is 12.8 Å². The van der Waals surface area contributed by atoms with Gasteiger partial charge in [0.2, 0.25) is 11.8 Å². The predicted octanol–water partition coefficient (Wildman–Crippen LogP) is 0.0446. The highest BCUT2D eigenvalue weighted by Crippen LogP contribution is 2.11. The summed E-state index contributed by atoms with van der Waals surface area (Å²) in [6.07, 6.45) is 0.771. The standard InChI is InChI=1S/C8H14N2O2/c1-3-9(2)6-10-7(11)4-5-8(10)12/h3-6H2,1-2H3. The number of hydrogen-bond donors (Lipinski definition) is 0. The summed E-state index contributed by atoms with van der Waals surface area (Å²) in [5.74, 6) is -0.0828. The summed E-state index contributed by atoms with van der Waals surface area (Å²) < 4.78 is 0. The maximum absolute atomic E-state index is 11.1. The molecular formula is C8H14N2O2. The van der Waals surface area contributed by atoms with E-state index in [-0.39, 0.29) is 11.8 Å². The van der Waals surface area contributed by atoms with Crippen molar-refractivity contribution in [1.29, 1.82) is 0 Å². The van der Waals surface area contributed by atoms with E-state index in [0.29, 0.717) is 19.5 Å². The molecule has 1 saturated heterocycles. The van der Waals surface area contributed by atoms with Crippen molar-refractivity contribution in [2.45, 2.75) is 19.8 Å². The molecule has 0 N–H and O–H groups in total. The average Bonchev–Trinajstić information content (AvgIpc) is 2.35. The van der Waals surface area contributed by atoms with Crippen molar-refractivity contribution in [3.8, 4) is 0 Å². The lowest BCUT2D eigenvalue weighted by molar-refractivity contribution is -0.140. The number of imide groups is 1. The Balaban J connectivity index is 2.50. The number of likely N-dealkylation sites (tertiary alicyclic amines) is 1. The lowest BCUT2D eigenvalue weighted by Gasteiger charge is -2.20. The second kappa shape index (κ2) is 3.67. The minimum atomic E-state index is -0.0414. The summed E-state index contributed by atoms with van der Waals surface area (Å²) >= 11 is 0. The van der Waals surface area contributed by atoms with E-state index in [2.05, 4.69) is 0 Å². The molecule has 0 saturated carbocycles. The number of carbonyl (C=O) groups is 2. The van der Waals surface area contributed by atoms with E-state index in [4.69, 9.17) is 0 Å². The van der Waals surface area contributed by atoms with Crippen molar-refractivity contribution in [2.75, 3.05) is 20.3 Å². The van der Waals surface area contributed by atoms with Gasteiger partial charge in [-0.15, -0.1) is 0 Å². The van der Waals surface area contributed by atoms with E-state index in [9.17, 15) is 9.59 Å². The molecule has 12 heavy (non-hydrogen) atoms. The Kier molecular flexibility index (Phi) is 2.81. The monoisotopic (exact) mass is 170 g/mol. The molecule has 0 aromatic heterocycles. The second-order valence-corrected chi connectivity index (χ2v) is 3.03. The van der Waals surface area contributed by atoms with Crippen molar-refractivity contribution < 1.29 is 9.59 Å². The summed E-state index contributed by atoms with van der Waals surface area (Å²) in [6, 6.07) is 0. The van der Waals surface area contributed by atoms with E-state index in [1.54, 1.807) is 0 Å². The van der Waals surface area contributed by atoms with Gasteiger partial charge in [0.1, 0.15) is 0 Å². The minimum absolute atomic E-state index is 0.0414. The van der Waals surface area contributed by atoms with Crippen LogP contribution >= 0.6 is 0 Å². The third-order valence-electron chi connectivity index (χ3n) is 2.08. The van der Waals surface area contributed by atoms with Crippen LogP contribution in [0.1, 0.15) is 19.8 Å². The van der Waals surface area contributed by atoms with Gasteiger partial charge in [0.25, 0.3) is 0 Å². The summed E-state index contributed by atoms with van der Waals surface area (Å²) in [6.45, 7) is 3.27. The second-order valence-electron chi connectivity index (χ2n) is 3.03. The maximum Gasteiger partial charge on any atom is 0.230 e. The van der Waals surface area contributed by atoms with Crippen molar-refractivity contribution in [3.05, 3.63) is 0 Å². The van der Waals surface area contributed by atoms with Gasteiger partial charge in [-0.1, -0.05) is 6.92 Å². The zero-order valence-electron chi connectivity index (χ0n) is 7.54. The minimum Gasteiger partial charge on any atom is -0.289 e. The number of nitrogens with zero attached hydrogens (tertiary/aromatic N) is 2. The summed E-state index contributed by atoms with van der Waals surface area (Å²) in [5.41, 5.74) is 0. The van der Waals surface area contributed by atoms with Gasteiger partial charge in [-0.05, 0) is 13.6 Å². The van der Waals surface area contributed by atoms with Crippen LogP contribution in [0.15, 0.2) is 0 Å². The molecule has 0 aliphatic carbocycles. The highest BCUT2D eigenvalue weighted by atomic mass is 16.2. The predicted molar refractivity (Wildman–Crippen MR) is 44.3 cm³/mol. The van der Waals surface area contributed by atoms with Gasteiger partial charge >= 0.3 is 0 Å². The molecule has 1 aliphatic heterocycles. The molecular weight excluding hydrogens is 156 g/mol. The zero-order valence-corrected chi connectivity index (χ0v) is 7.54. The number of hydrogen-bond acceptors (Lipinski definition) is 3. The molecule has 0 aromatic carbocycles. The van der Waals surface area contributed by atoms with Crippen LogP contribution in [0.5, 0.6) is 0 Å². The van der Waals surface area contributed by atoms with Crippen LogP contribution in [0.4, 0.5) is 0 Å². The Morgan fingerprint density at radius 2 is 1.83 bits per heavy atom. The third kappa shape index (κ3) is 1.82. The van der Waals surface area contributed by atoms with Crippen LogP contribution in [0.3, 0.4) is 0 Å². The van der Waals surface area contributed by atoms with Crippen LogP contribution in [-0.2, 0) is 9.59 Å². The summed E-state index contributed by atoms with van der Waals surface area (Å²) in [7, 11) is 1.89. The Labute approximate surface area is 72.1 Å². The van der Waals surface area contributed by atoms with Gasteiger partial charge < -0.3 is 0 Å². The fourth-order valence-electron chi connectivity index (χ4n) is 1.12. The third-order valence-corrected chi connectivity index (χ3v) is 2.08. The largest absolute Gasteiger partial charge is 0.289 e. The molecule has 0 aromatic rings. The van der Waals surface area contributed by atoms with E-state index in [0.717, 1.165) is 6.54 Å². The van der Waals surface area contributed by atoms with Crippen LogP contribution in [0.25, 0.3) is 0 Å². The molecule has 0 bridgehead atoms. The molecule has 1 aliphatic rings. The SMILES string of the molecule is CCN(C)CN1C(=O)CCC1=O. The molecule has 1 heterocycles. The van der Waals surface area contributed by atoms with Crippen molar-refractivity contribution in [2.24, 2.45) is 0 Å². The lowest BCUT2D eigenvalue weighted by Crippen LogP contribution is -2.38. The normalized spacial score (nSPS) is 18.1. The van der Waals surface area contributed by atoms with Crippen molar-refractivity contribution >= 4 is 11.8 Å². The quantitative estimate of drug-likeness (QED) is 0.562. The molecule has 0 radical (unpaired) electrons. The van der Waals surface area contributed by atoms with E-state index < -0.39 is 0 Å². The molecule has 4 heteroatoms. The molecule has 68 valence electrons. The molecule has 2 amide bonds. The number of rotatable bonds is 3. The first-order valence-electron chi connectivity index (χ1n) is 4.17. The average molecular weight is 170 g/mol. The smallest absolute Gasteiger partial charge is 0.230 e. The van der Waals surface area contributed by atoms with E-state index >= 15 is 0 Å². The molecule has 4 nitrogen and oxygen atoms in total. The molecule has 0 spiro atoms. The Morgan fingerprint density at radius 1 is 1.33 bits per heavy atom. The summed E-state index contributed by atoms with van der Waals surface area (Å²) in [5, 5.41) is 0. The van der Waals surface area contributed by atoms with Crippen LogP contribution in [0, 0.1) is 0 Å². The first-order valence-corrected chi connectivity index (χ1v) is 4.17. The molecule has 1 fully saturated rings. The van der Waals surface area contributed by atoms with Crippen LogP contribution in [0.2, 0.25) is 0 Å². The zero-order chi connectivity index (χ0) is 9.14. The molecule has 0 unspecified atom stereocenters. The lowest BCUT2D eigenvalue weighted by atomic mass is 10.4. The van der Waals surface area contributed by atoms with Gasteiger partial charge in [-0.25, -0.2) is 0 Å². The highest BCUT2D eigenvalue weighted by Gasteiger charge is 2.28. The Hall–Kier alpha value is -0.900. The first-order chi connectivity index (χ1) is 5.65. The first kappa shape index (κ1) is 9.19. The van der Waals surface area contributed by atoms with Crippen LogP contribution in [-0.4, -0.2) is 41.9 Å². The van der Waals surface area contributed by atoms with Gasteiger partial charge in [0.15, 0.2) is 0 Å². The van der Waals surface area contributed by atoms with Gasteiger partial charge in [-0.3, -0.25) is 19.4 Å². The Bertz CT molecular complexity index is 187. The van der Waals surface area contributed by atoms with Gasteiger partial charge in [-0.2, -0.15) is 0 Å². The van der Waals surface area contributed by atoms with Gasteiger partial charge in [0.05, 0.1) is 6.67 Å². The molecule has 1 rings (SSSR count). The fraction of sp³-hybridized carbons (Fsp3) is 0.750. The molecule has 0 atom stereocenters.